The van der Waals surface area contributed by atoms with Crippen LogP contribution < -0.4 is 9.79 Å². The van der Waals surface area contributed by atoms with Crippen molar-refractivity contribution in [3.8, 4) is 0 Å². The molecule has 0 unspecified atom stereocenters. The van der Waals surface area contributed by atoms with Gasteiger partial charge in [-0.25, -0.2) is 13.9 Å². The zero-order chi connectivity index (χ0) is 18.2. The van der Waals surface area contributed by atoms with Gasteiger partial charge in [0.05, 0.1) is 10.6 Å². The normalized spacial score (nSPS) is 9.92. The third-order valence-electron chi connectivity index (χ3n) is 3.00. The summed E-state index contributed by atoms with van der Waals surface area (Å²) in [6.45, 7) is 0. The Bertz CT molecular complexity index is 813. The smallest absolute Gasteiger partial charge is 0.288 e. The van der Waals surface area contributed by atoms with E-state index in [2.05, 4.69) is 0 Å². The van der Waals surface area contributed by atoms with E-state index < -0.39 is 15.9 Å². The van der Waals surface area contributed by atoms with E-state index in [-0.39, 0.29) is 16.6 Å². The van der Waals surface area contributed by atoms with Gasteiger partial charge in [-0.1, -0.05) is 18.2 Å². The average molecular weight is 350 g/mol. The van der Waals surface area contributed by atoms with Gasteiger partial charge in [-0.3, -0.25) is 14.3 Å². The molecule has 2 aromatic carbocycles. The topological polar surface area (TPSA) is 121 Å². The van der Waals surface area contributed by atoms with E-state index in [9.17, 15) is 13.2 Å². The minimum Gasteiger partial charge on any atom is -0.288 e. The number of anilines is 1. The Hall–Kier alpha value is -3.00. The standard InChI is InChI=1S/C14H14N2O4S.CO2/c1-16(21(19,20)13-5-3-2-4-6-13)12-9-7-11(8-10-12)14(17)15-18;2-1-3/h2-10,18H,1H3,(H,15,17);. The fourth-order valence-corrected chi connectivity index (χ4v) is 2.99. The van der Waals surface area contributed by atoms with E-state index in [1.54, 1.807) is 18.2 Å². The molecule has 9 heteroatoms. The van der Waals surface area contributed by atoms with Crippen molar-refractivity contribution in [3.63, 3.8) is 0 Å². The number of carbonyl (C=O) groups is 1. The number of hydrogen-bond donors (Lipinski definition) is 2. The molecule has 0 bridgehead atoms. The van der Waals surface area contributed by atoms with Crippen LogP contribution in [0.15, 0.2) is 59.5 Å². The third-order valence-corrected chi connectivity index (χ3v) is 4.80. The summed E-state index contributed by atoms with van der Waals surface area (Å²) in [5, 5.41) is 8.54. The molecule has 0 saturated heterocycles. The summed E-state index contributed by atoms with van der Waals surface area (Å²) in [7, 11) is -2.21. The van der Waals surface area contributed by atoms with Crippen molar-refractivity contribution in [3.05, 3.63) is 60.2 Å². The molecule has 0 aliphatic carbocycles. The van der Waals surface area contributed by atoms with Gasteiger partial charge < -0.3 is 0 Å². The highest BCUT2D eigenvalue weighted by Crippen LogP contribution is 2.22. The first-order valence-electron chi connectivity index (χ1n) is 6.46. The molecule has 0 aromatic heterocycles. The summed E-state index contributed by atoms with van der Waals surface area (Å²) in [6.07, 6.45) is 0.250. The van der Waals surface area contributed by atoms with Gasteiger partial charge >= 0.3 is 6.15 Å². The van der Waals surface area contributed by atoms with E-state index in [4.69, 9.17) is 14.8 Å². The molecule has 0 aliphatic rings. The van der Waals surface area contributed by atoms with Crippen LogP contribution in [0.1, 0.15) is 10.4 Å². The summed E-state index contributed by atoms with van der Waals surface area (Å²) in [6, 6.07) is 13.9. The van der Waals surface area contributed by atoms with Gasteiger partial charge in [-0.15, -0.1) is 0 Å². The van der Waals surface area contributed by atoms with Crippen LogP contribution in [0, 0.1) is 0 Å². The van der Waals surface area contributed by atoms with E-state index in [0.717, 1.165) is 4.31 Å². The van der Waals surface area contributed by atoms with Gasteiger partial charge in [0.2, 0.25) is 0 Å². The molecule has 126 valence electrons. The predicted molar refractivity (Wildman–Crippen MR) is 82.7 cm³/mol. The van der Waals surface area contributed by atoms with Crippen molar-refractivity contribution in [1.82, 2.24) is 5.48 Å². The summed E-state index contributed by atoms with van der Waals surface area (Å²) < 4.78 is 26.0. The molecule has 2 N–H and O–H groups in total. The Balaban J connectivity index is 0.000000891. The van der Waals surface area contributed by atoms with Crippen LogP contribution in [0.2, 0.25) is 0 Å². The second-order valence-electron chi connectivity index (χ2n) is 4.36. The van der Waals surface area contributed by atoms with Crippen molar-refractivity contribution in [2.24, 2.45) is 0 Å². The number of sulfonamides is 1. The van der Waals surface area contributed by atoms with Crippen molar-refractivity contribution in [2.75, 3.05) is 11.4 Å². The minimum atomic E-state index is -3.65. The Morgan fingerprint density at radius 2 is 1.54 bits per heavy atom. The van der Waals surface area contributed by atoms with Gasteiger partial charge in [0.1, 0.15) is 0 Å². The molecule has 2 rings (SSSR count). The van der Waals surface area contributed by atoms with Gasteiger partial charge in [0.25, 0.3) is 15.9 Å². The number of amides is 1. The maximum atomic E-state index is 12.4. The van der Waals surface area contributed by atoms with Crippen LogP contribution in [-0.4, -0.2) is 32.7 Å². The Kier molecular flexibility index (Phi) is 6.81. The summed E-state index contributed by atoms with van der Waals surface area (Å²) in [4.78, 5) is 27.7. The van der Waals surface area contributed by atoms with E-state index >= 15 is 0 Å². The summed E-state index contributed by atoms with van der Waals surface area (Å²) >= 11 is 0. The lowest BCUT2D eigenvalue weighted by atomic mass is 10.2. The van der Waals surface area contributed by atoms with Crippen LogP contribution in [0.25, 0.3) is 0 Å². The van der Waals surface area contributed by atoms with E-state index in [1.807, 2.05) is 0 Å². The lowest BCUT2D eigenvalue weighted by molar-refractivity contribution is -0.191. The Morgan fingerprint density at radius 3 is 2.00 bits per heavy atom. The Morgan fingerprint density at radius 1 is 1.04 bits per heavy atom. The quantitative estimate of drug-likeness (QED) is 0.628. The van der Waals surface area contributed by atoms with Crippen LogP contribution in [0.5, 0.6) is 0 Å². The highest BCUT2D eigenvalue weighted by molar-refractivity contribution is 7.92. The SMILES string of the molecule is CN(c1ccc(C(=O)NO)cc1)S(=O)(=O)c1ccccc1.O=C=O. The number of carbonyl (C=O) groups excluding carboxylic acids is 3. The number of nitrogens with one attached hydrogen (secondary N) is 1. The summed E-state index contributed by atoms with van der Waals surface area (Å²) in [5.74, 6) is -0.657. The van der Waals surface area contributed by atoms with Gasteiger partial charge in [0, 0.05) is 12.6 Å². The second-order valence-corrected chi connectivity index (χ2v) is 6.33. The van der Waals surface area contributed by atoms with E-state index in [0.29, 0.717) is 5.69 Å². The monoisotopic (exact) mass is 350 g/mol. The molecular weight excluding hydrogens is 336 g/mol. The molecule has 0 atom stereocenters. The van der Waals surface area contributed by atoms with Crippen molar-refractivity contribution in [1.29, 1.82) is 0 Å². The summed E-state index contributed by atoms with van der Waals surface area (Å²) in [5.41, 5.74) is 2.15. The molecule has 0 saturated carbocycles. The molecule has 0 spiro atoms. The van der Waals surface area contributed by atoms with Gasteiger partial charge in [0.15, 0.2) is 0 Å². The zero-order valence-corrected chi connectivity index (χ0v) is 13.4. The average Bonchev–Trinajstić information content (AvgIpc) is 2.62. The van der Waals surface area contributed by atoms with Crippen molar-refractivity contribution in [2.45, 2.75) is 4.90 Å². The highest BCUT2D eigenvalue weighted by atomic mass is 32.2. The van der Waals surface area contributed by atoms with Crippen LogP contribution in [0.3, 0.4) is 0 Å². The van der Waals surface area contributed by atoms with Crippen LogP contribution in [0.4, 0.5) is 5.69 Å². The molecule has 24 heavy (non-hydrogen) atoms. The van der Waals surface area contributed by atoms with Crippen LogP contribution in [-0.2, 0) is 19.6 Å². The molecule has 0 aliphatic heterocycles. The predicted octanol–water partition coefficient (Wildman–Crippen LogP) is 1.05. The fourth-order valence-electron chi connectivity index (χ4n) is 1.78. The molecule has 0 heterocycles. The molecule has 0 radical (unpaired) electrons. The maximum Gasteiger partial charge on any atom is 0.373 e. The number of hydroxylamine groups is 1. The minimum absolute atomic E-state index is 0.185. The Labute approximate surface area is 138 Å². The number of benzene rings is 2. The van der Waals surface area contributed by atoms with Crippen molar-refractivity contribution >= 4 is 27.8 Å². The van der Waals surface area contributed by atoms with Crippen LogP contribution >= 0.6 is 0 Å². The second kappa shape index (κ2) is 8.59. The lowest BCUT2D eigenvalue weighted by Crippen LogP contribution is -2.26. The fraction of sp³-hybridized carbons (Fsp3) is 0.0667. The molecule has 8 nitrogen and oxygen atoms in total. The van der Waals surface area contributed by atoms with Gasteiger partial charge in [-0.05, 0) is 36.4 Å². The largest absolute Gasteiger partial charge is 0.373 e. The first-order chi connectivity index (χ1) is 11.4. The number of nitrogens with zero attached hydrogens (tertiary/aromatic N) is 1. The molecular formula is C15H14N2O6S. The number of rotatable bonds is 4. The first kappa shape index (κ1) is 19.0. The van der Waals surface area contributed by atoms with Crippen molar-refractivity contribution < 1.29 is 28.0 Å². The molecule has 1 amide bonds. The zero-order valence-electron chi connectivity index (χ0n) is 12.5. The third kappa shape index (κ3) is 4.50. The van der Waals surface area contributed by atoms with E-state index in [1.165, 1.54) is 48.9 Å². The molecule has 0 fully saturated rings. The molecule has 2 aromatic rings. The van der Waals surface area contributed by atoms with Gasteiger partial charge in [-0.2, -0.15) is 9.59 Å². The number of hydrogen-bond acceptors (Lipinski definition) is 6. The highest BCUT2D eigenvalue weighted by Gasteiger charge is 2.20. The lowest BCUT2D eigenvalue weighted by Gasteiger charge is -2.19. The first-order valence-corrected chi connectivity index (χ1v) is 7.90. The maximum absolute atomic E-state index is 12.4.